The summed E-state index contributed by atoms with van der Waals surface area (Å²) in [7, 11) is 1.60. The van der Waals surface area contributed by atoms with Gasteiger partial charge in [-0.1, -0.05) is 6.07 Å². The van der Waals surface area contributed by atoms with E-state index >= 15 is 0 Å². The van der Waals surface area contributed by atoms with Gasteiger partial charge >= 0.3 is 0 Å². The number of halogens is 4. The molecule has 0 spiro atoms. The fraction of sp³-hybridized carbons (Fsp3) is 0.200. The molecule has 106 valence electrons. The third-order valence-electron chi connectivity index (χ3n) is 3.17. The van der Waals surface area contributed by atoms with Gasteiger partial charge in [-0.2, -0.15) is 0 Å². The van der Waals surface area contributed by atoms with Gasteiger partial charge in [-0.05, 0) is 54.9 Å². The molecule has 5 heteroatoms. The summed E-state index contributed by atoms with van der Waals surface area (Å²) in [5.41, 5.74) is 1.53. The Kier molecular flexibility index (Phi) is 4.09. The minimum Gasteiger partial charge on any atom is -0.309 e. The number of aryl methyl sites for hydroxylation is 1. The quantitative estimate of drug-likeness (QED) is 0.666. The van der Waals surface area contributed by atoms with Crippen molar-refractivity contribution in [2.24, 2.45) is 0 Å². The molecule has 0 fully saturated rings. The maximum absolute atomic E-state index is 13.3. The first-order chi connectivity index (χ1) is 9.43. The summed E-state index contributed by atoms with van der Waals surface area (Å²) in [5.74, 6) is -4.39. The summed E-state index contributed by atoms with van der Waals surface area (Å²) in [6.45, 7) is 1.69. The third-order valence-corrected chi connectivity index (χ3v) is 3.17. The highest BCUT2D eigenvalue weighted by atomic mass is 19.2. The van der Waals surface area contributed by atoms with Crippen molar-refractivity contribution in [3.63, 3.8) is 0 Å². The summed E-state index contributed by atoms with van der Waals surface area (Å²) in [5, 5.41) is 2.89. The first-order valence-corrected chi connectivity index (χ1v) is 6.01. The van der Waals surface area contributed by atoms with E-state index in [9.17, 15) is 17.6 Å². The normalized spacial score (nSPS) is 12.5. The highest BCUT2D eigenvalue weighted by Gasteiger charge is 2.19. The third kappa shape index (κ3) is 2.67. The maximum atomic E-state index is 13.3. The predicted molar refractivity (Wildman–Crippen MR) is 68.4 cm³/mol. The molecule has 0 amide bonds. The van der Waals surface area contributed by atoms with Crippen LogP contribution in [0.5, 0.6) is 0 Å². The van der Waals surface area contributed by atoms with Crippen LogP contribution in [0.25, 0.3) is 0 Å². The van der Waals surface area contributed by atoms with Gasteiger partial charge in [0.15, 0.2) is 17.5 Å². The van der Waals surface area contributed by atoms with Gasteiger partial charge < -0.3 is 5.32 Å². The summed E-state index contributed by atoms with van der Waals surface area (Å²) in [6.07, 6.45) is 0. The molecule has 1 unspecified atom stereocenters. The molecule has 1 nitrogen and oxygen atoms in total. The molecule has 0 aliphatic heterocycles. The molecule has 0 bridgehead atoms. The monoisotopic (exact) mass is 283 g/mol. The Balaban J connectivity index is 2.52. The van der Waals surface area contributed by atoms with E-state index in [4.69, 9.17) is 0 Å². The highest BCUT2D eigenvalue weighted by Crippen LogP contribution is 2.27. The lowest BCUT2D eigenvalue weighted by atomic mass is 9.95. The van der Waals surface area contributed by atoms with E-state index in [1.54, 1.807) is 14.0 Å². The molecule has 2 aromatic carbocycles. The van der Waals surface area contributed by atoms with Gasteiger partial charge in [0.05, 0.1) is 6.04 Å². The van der Waals surface area contributed by atoms with Crippen LogP contribution in [0, 0.1) is 30.2 Å². The van der Waals surface area contributed by atoms with Crippen LogP contribution in [0.3, 0.4) is 0 Å². The van der Waals surface area contributed by atoms with Gasteiger partial charge in [0.2, 0.25) is 0 Å². The minimum atomic E-state index is -1.50. The second-order valence-corrected chi connectivity index (χ2v) is 4.52. The van der Waals surface area contributed by atoms with Crippen LogP contribution in [0.15, 0.2) is 30.3 Å². The second-order valence-electron chi connectivity index (χ2n) is 4.52. The van der Waals surface area contributed by atoms with Crippen LogP contribution in [-0.4, -0.2) is 7.05 Å². The van der Waals surface area contributed by atoms with E-state index < -0.39 is 29.3 Å². The number of rotatable bonds is 3. The van der Waals surface area contributed by atoms with Crippen LogP contribution in [0.1, 0.15) is 22.7 Å². The SMILES string of the molecule is CNC(c1cc(F)c(F)c(F)c1)c1ccc(F)cc1C. The fourth-order valence-electron chi connectivity index (χ4n) is 2.21. The molecule has 0 radical (unpaired) electrons. The molecule has 0 aromatic heterocycles. The van der Waals surface area contributed by atoms with E-state index in [0.717, 1.165) is 12.1 Å². The van der Waals surface area contributed by atoms with Gasteiger partial charge in [-0.3, -0.25) is 0 Å². The number of benzene rings is 2. The molecule has 2 aromatic rings. The Morgan fingerprint density at radius 1 is 0.950 bits per heavy atom. The fourth-order valence-corrected chi connectivity index (χ4v) is 2.21. The van der Waals surface area contributed by atoms with Crippen LogP contribution >= 0.6 is 0 Å². The van der Waals surface area contributed by atoms with E-state index in [1.807, 2.05) is 0 Å². The van der Waals surface area contributed by atoms with Crippen LogP contribution in [-0.2, 0) is 0 Å². The molecule has 1 N–H and O–H groups in total. The van der Waals surface area contributed by atoms with E-state index in [1.165, 1.54) is 18.2 Å². The van der Waals surface area contributed by atoms with Gasteiger partial charge in [-0.25, -0.2) is 17.6 Å². The van der Waals surface area contributed by atoms with Crippen molar-refractivity contribution in [3.8, 4) is 0 Å². The zero-order valence-electron chi connectivity index (χ0n) is 11.0. The maximum Gasteiger partial charge on any atom is 0.194 e. The molecule has 0 saturated carbocycles. The van der Waals surface area contributed by atoms with Crippen LogP contribution < -0.4 is 5.32 Å². The number of nitrogens with one attached hydrogen (secondary N) is 1. The zero-order valence-corrected chi connectivity index (χ0v) is 11.0. The van der Waals surface area contributed by atoms with Crippen LogP contribution in [0.2, 0.25) is 0 Å². The first kappa shape index (κ1) is 14.5. The summed E-state index contributed by atoms with van der Waals surface area (Å²) >= 11 is 0. The Hall–Kier alpha value is -1.88. The van der Waals surface area contributed by atoms with Gasteiger partial charge in [0.1, 0.15) is 5.82 Å². The van der Waals surface area contributed by atoms with E-state index in [2.05, 4.69) is 5.32 Å². The van der Waals surface area contributed by atoms with Gasteiger partial charge in [-0.15, -0.1) is 0 Å². The van der Waals surface area contributed by atoms with Crippen molar-refractivity contribution < 1.29 is 17.6 Å². The standard InChI is InChI=1S/C15H13F4N/c1-8-5-10(16)3-4-11(8)15(20-2)9-6-12(17)14(19)13(18)7-9/h3-7,15,20H,1-2H3. The Morgan fingerprint density at radius 3 is 2.05 bits per heavy atom. The second kappa shape index (κ2) is 5.63. The first-order valence-electron chi connectivity index (χ1n) is 6.01. The van der Waals surface area contributed by atoms with E-state index in [-0.39, 0.29) is 5.56 Å². The highest BCUT2D eigenvalue weighted by molar-refractivity contribution is 5.37. The molecule has 0 saturated heterocycles. The summed E-state index contributed by atoms with van der Waals surface area (Å²) in [4.78, 5) is 0. The minimum absolute atomic E-state index is 0.235. The van der Waals surface area contributed by atoms with Crippen molar-refractivity contribution >= 4 is 0 Å². The molecule has 0 heterocycles. The van der Waals surface area contributed by atoms with Crippen molar-refractivity contribution in [3.05, 3.63) is 70.3 Å². The largest absolute Gasteiger partial charge is 0.309 e. The van der Waals surface area contributed by atoms with Crippen molar-refractivity contribution in [1.29, 1.82) is 0 Å². The summed E-state index contributed by atoms with van der Waals surface area (Å²) < 4.78 is 52.7. The lowest BCUT2D eigenvalue weighted by molar-refractivity contribution is 0.443. The average Bonchev–Trinajstić information content (AvgIpc) is 2.39. The summed E-state index contributed by atoms with van der Waals surface area (Å²) in [6, 6.07) is 5.44. The Bertz CT molecular complexity index is 617. The topological polar surface area (TPSA) is 12.0 Å². The Morgan fingerprint density at radius 2 is 1.55 bits per heavy atom. The van der Waals surface area contributed by atoms with Crippen molar-refractivity contribution in [2.45, 2.75) is 13.0 Å². The lowest BCUT2D eigenvalue weighted by Crippen LogP contribution is -2.19. The molecule has 2 rings (SSSR count). The zero-order chi connectivity index (χ0) is 14.9. The molecule has 0 aliphatic carbocycles. The smallest absolute Gasteiger partial charge is 0.194 e. The molecule has 0 aliphatic rings. The Labute approximate surface area is 114 Å². The number of hydrogen-bond donors (Lipinski definition) is 1. The van der Waals surface area contributed by atoms with Gasteiger partial charge in [0, 0.05) is 0 Å². The predicted octanol–water partition coefficient (Wildman–Crippen LogP) is 3.86. The lowest BCUT2D eigenvalue weighted by Gasteiger charge is -2.20. The average molecular weight is 283 g/mol. The molecular formula is C15H13F4N. The molecular weight excluding hydrogens is 270 g/mol. The van der Waals surface area contributed by atoms with Gasteiger partial charge in [0.25, 0.3) is 0 Å². The van der Waals surface area contributed by atoms with Crippen molar-refractivity contribution in [2.75, 3.05) is 7.05 Å². The van der Waals surface area contributed by atoms with Crippen molar-refractivity contribution in [1.82, 2.24) is 5.32 Å². The van der Waals surface area contributed by atoms with Crippen LogP contribution in [0.4, 0.5) is 17.6 Å². The molecule has 1 atom stereocenters. The number of hydrogen-bond acceptors (Lipinski definition) is 1. The van der Waals surface area contributed by atoms with E-state index in [0.29, 0.717) is 11.1 Å². The molecule has 20 heavy (non-hydrogen) atoms.